The van der Waals surface area contributed by atoms with Gasteiger partial charge in [0.05, 0.1) is 30.5 Å². The standard InChI is InChI=1S/C26H33F3N6O2/c1-25(2)7-5-18-9-17(6-8-35(18)25)31-22-19(27)11-30-24(33-22)32-16-3-4-20(21(10-16)37-23(28)29)34-12-26(13-34)14-36-15-26/h3-4,10-11,17-18,23H,5-9,12-15H2,1-2H3,(H2,30,31,32,33)/t17-,18-/m0/s1. The maximum Gasteiger partial charge on any atom is 0.387 e. The number of anilines is 4. The van der Waals surface area contributed by atoms with Crippen LogP contribution in [0, 0.1) is 11.2 Å². The first-order valence-corrected chi connectivity index (χ1v) is 12.9. The van der Waals surface area contributed by atoms with Gasteiger partial charge in [-0.1, -0.05) is 0 Å². The number of halogens is 3. The van der Waals surface area contributed by atoms with Gasteiger partial charge in [-0.25, -0.2) is 9.37 Å². The lowest BCUT2D eigenvalue weighted by Crippen LogP contribution is -2.66. The lowest BCUT2D eigenvalue weighted by Gasteiger charge is -2.56. The van der Waals surface area contributed by atoms with Gasteiger partial charge in [-0.15, -0.1) is 0 Å². The molecule has 200 valence electrons. The molecular formula is C26H33F3N6O2. The minimum atomic E-state index is -2.95. The Morgan fingerprint density at radius 2 is 2.00 bits per heavy atom. The van der Waals surface area contributed by atoms with Crippen molar-refractivity contribution in [1.29, 1.82) is 0 Å². The molecule has 0 amide bonds. The summed E-state index contributed by atoms with van der Waals surface area (Å²) >= 11 is 0. The van der Waals surface area contributed by atoms with Crippen molar-refractivity contribution in [3.8, 4) is 5.75 Å². The molecule has 4 saturated heterocycles. The molecule has 1 aromatic heterocycles. The van der Waals surface area contributed by atoms with E-state index in [0.29, 0.717) is 30.6 Å². The summed E-state index contributed by atoms with van der Waals surface area (Å²) < 4.78 is 51.1. The Hall–Kier alpha value is -2.79. The molecule has 1 spiro atoms. The summed E-state index contributed by atoms with van der Waals surface area (Å²) in [6.45, 7) is 5.48. The quantitative estimate of drug-likeness (QED) is 0.551. The number of hydrogen-bond donors (Lipinski definition) is 2. The number of fused-ring (bicyclic) bond motifs is 1. The minimum Gasteiger partial charge on any atom is -0.433 e. The van der Waals surface area contributed by atoms with Crippen molar-refractivity contribution in [2.45, 2.75) is 63.8 Å². The van der Waals surface area contributed by atoms with E-state index in [1.807, 2.05) is 4.90 Å². The van der Waals surface area contributed by atoms with Crippen molar-refractivity contribution >= 4 is 23.1 Å². The van der Waals surface area contributed by atoms with Gasteiger partial charge in [-0.2, -0.15) is 13.8 Å². The summed E-state index contributed by atoms with van der Waals surface area (Å²) in [6.07, 6.45) is 5.29. The predicted molar refractivity (Wildman–Crippen MR) is 134 cm³/mol. The number of alkyl halides is 2. The largest absolute Gasteiger partial charge is 0.433 e. The fourth-order valence-electron chi connectivity index (χ4n) is 6.32. The molecule has 6 rings (SSSR count). The highest BCUT2D eigenvalue weighted by molar-refractivity contribution is 5.69. The number of hydrogen-bond acceptors (Lipinski definition) is 8. The van der Waals surface area contributed by atoms with Crippen molar-refractivity contribution in [3.05, 3.63) is 30.2 Å². The van der Waals surface area contributed by atoms with Gasteiger partial charge in [0, 0.05) is 49.0 Å². The molecule has 4 aliphatic heterocycles. The van der Waals surface area contributed by atoms with Crippen molar-refractivity contribution in [2.24, 2.45) is 5.41 Å². The second kappa shape index (κ2) is 9.20. The van der Waals surface area contributed by atoms with Gasteiger partial charge in [0.25, 0.3) is 0 Å². The van der Waals surface area contributed by atoms with Crippen molar-refractivity contribution in [3.63, 3.8) is 0 Å². The van der Waals surface area contributed by atoms with Crippen LogP contribution in [0.3, 0.4) is 0 Å². The normalized spacial score (nSPS) is 25.9. The topological polar surface area (TPSA) is 74.8 Å². The lowest BCUT2D eigenvalue weighted by molar-refractivity contribution is -0.127. The second-order valence-electron chi connectivity index (χ2n) is 11.5. The highest BCUT2D eigenvalue weighted by Gasteiger charge is 2.49. The van der Waals surface area contributed by atoms with E-state index in [4.69, 9.17) is 9.47 Å². The van der Waals surface area contributed by atoms with Crippen molar-refractivity contribution in [2.75, 3.05) is 48.4 Å². The fourth-order valence-corrected chi connectivity index (χ4v) is 6.32. The molecule has 2 N–H and O–H groups in total. The van der Waals surface area contributed by atoms with Gasteiger partial charge in [-0.05, 0) is 51.7 Å². The van der Waals surface area contributed by atoms with Crippen molar-refractivity contribution < 1.29 is 22.6 Å². The highest BCUT2D eigenvalue weighted by Crippen LogP contribution is 2.44. The number of rotatable bonds is 7. The first-order chi connectivity index (χ1) is 17.7. The molecular weight excluding hydrogens is 485 g/mol. The van der Waals surface area contributed by atoms with E-state index >= 15 is 0 Å². The van der Waals surface area contributed by atoms with Crippen LogP contribution in [-0.4, -0.2) is 72.0 Å². The molecule has 4 aliphatic rings. The number of aromatic nitrogens is 2. The fraction of sp³-hybridized carbons (Fsp3) is 0.615. The number of piperidine rings is 1. The summed E-state index contributed by atoms with van der Waals surface area (Å²) in [6, 6.07) is 5.62. The molecule has 2 aromatic rings. The summed E-state index contributed by atoms with van der Waals surface area (Å²) in [7, 11) is 0. The molecule has 37 heavy (non-hydrogen) atoms. The molecule has 2 atom stereocenters. The maximum atomic E-state index is 14.6. The van der Waals surface area contributed by atoms with E-state index in [0.717, 1.165) is 45.1 Å². The average molecular weight is 519 g/mol. The first kappa shape index (κ1) is 24.5. The molecule has 11 heteroatoms. The third-order valence-corrected chi connectivity index (χ3v) is 8.31. The molecule has 4 fully saturated rings. The van der Waals surface area contributed by atoms with Crippen LogP contribution in [0.25, 0.3) is 0 Å². The minimum absolute atomic E-state index is 0.0711. The Kier molecular flexibility index (Phi) is 6.10. The number of ether oxygens (including phenoxy) is 2. The SMILES string of the molecule is CC1(C)CC[C@H]2C[C@@H](Nc3nc(Nc4ccc(N5CC6(COC6)C5)c(OC(F)F)c4)ncc3F)CCN21. The molecule has 0 bridgehead atoms. The van der Waals surface area contributed by atoms with Crippen LogP contribution in [0.5, 0.6) is 5.75 Å². The monoisotopic (exact) mass is 518 g/mol. The molecule has 0 radical (unpaired) electrons. The summed E-state index contributed by atoms with van der Waals surface area (Å²) in [4.78, 5) is 13.0. The molecule has 0 saturated carbocycles. The van der Waals surface area contributed by atoms with E-state index in [9.17, 15) is 13.2 Å². The Morgan fingerprint density at radius 3 is 2.73 bits per heavy atom. The van der Waals surface area contributed by atoms with Gasteiger partial charge in [0.2, 0.25) is 5.95 Å². The molecule has 0 aliphatic carbocycles. The maximum absolute atomic E-state index is 14.6. The van der Waals surface area contributed by atoms with E-state index in [1.165, 1.54) is 12.5 Å². The molecule has 8 nitrogen and oxygen atoms in total. The molecule has 5 heterocycles. The van der Waals surface area contributed by atoms with Gasteiger partial charge in [0.1, 0.15) is 0 Å². The lowest BCUT2D eigenvalue weighted by atomic mass is 9.77. The van der Waals surface area contributed by atoms with Crippen LogP contribution in [0.15, 0.2) is 24.4 Å². The van der Waals surface area contributed by atoms with E-state index in [1.54, 1.807) is 12.1 Å². The van der Waals surface area contributed by atoms with E-state index in [2.05, 4.69) is 39.3 Å². The Morgan fingerprint density at radius 1 is 1.19 bits per heavy atom. The predicted octanol–water partition coefficient (Wildman–Crippen LogP) is 4.61. The number of nitrogens with one attached hydrogen (secondary N) is 2. The highest BCUT2D eigenvalue weighted by atomic mass is 19.3. The van der Waals surface area contributed by atoms with Crippen LogP contribution in [0.2, 0.25) is 0 Å². The van der Waals surface area contributed by atoms with Crippen LogP contribution in [0.4, 0.5) is 36.3 Å². The number of benzene rings is 1. The van der Waals surface area contributed by atoms with Crippen LogP contribution in [0.1, 0.15) is 39.5 Å². The third kappa shape index (κ3) is 4.79. The van der Waals surface area contributed by atoms with Crippen LogP contribution in [-0.2, 0) is 4.74 Å². The van der Waals surface area contributed by atoms with Crippen LogP contribution < -0.4 is 20.3 Å². The number of nitrogens with zero attached hydrogens (tertiary/aromatic N) is 4. The third-order valence-electron chi connectivity index (χ3n) is 8.31. The molecule has 1 aromatic carbocycles. The summed E-state index contributed by atoms with van der Waals surface area (Å²) in [5.41, 5.74) is 1.43. The van der Waals surface area contributed by atoms with Crippen LogP contribution >= 0.6 is 0 Å². The zero-order chi connectivity index (χ0) is 25.8. The Bertz CT molecular complexity index is 1150. The molecule has 0 unspecified atom stereocenters. The van der Waals surface area contributed by atoms with E-state index in [-0.39, 0.29) is 34.5 Å². The average Bonchev–Trinajstić information content (AvgIpc) is 3.09. The second-order valence-corrected chi connectivity index (χ2v) is 11.5. The van der Waals surface area contributed by atoms with Gasteiger partial charge >= 0.3 is 6.61 Å². The first-order valence-electron chi connectivity index (χ1n) is 12.9. The Balaban J connectivity index is 1.14. The summed E-state index contributed by atoms with van der Waals surface area (Å²) in [5, 5.41) is 6.29. The zero-order valence-electron chi connectivity index (χ0n) is 21.1. The zero-order valence-corrected chi connectivity index (χ0v) is 21.1. The van der Waals surface area contributed by atoms with Gasteiger partial charge in [0.15, 0.2) is 17.4 Å². The van der Waals surface area contributed by atoms with Gasteiger partial charge in [-0.3, -0.25) is 4.90 Å². The summed E-state index contributed by atoms with van der Waals surface area (Å²) in [5.74, 6) is -0.138. The van der Waals surface area contributed by atoms with Crippen molar-refractivity contribution in [1.82, 2.24) is 14.9 Å². The smallest absolute Gasteiger partial charge is 0.387 e. The van der Waals surface area contributed by atoms with Gasteiger partial charge < -0.3 is 25.0 Å². The Labute approximate surface area is 214 Å². The van der Waals surface area contributed by atoms with E-state index < -0.39 is 12.4 Å².